The number of methoxy groups -OCH3 is 1. The van der Waals surface area contributed by atoms with Crippen molar-refractivity contribution < 1.29 is 14.0 Å². The Kier molecular flexibility index (Phi) is 6.22. The lowest BCUT2D eigenvalue weighted by Gasteiger charge is -2.13. The standard InChI is InChI=1S/C19H20N4O3S/c1-3-25-16-7-5-4-6-15(16)21-19(27)20-12-17-22-18(23-26-17)13-8-10-14(24-2)11-9-13/h4-11H,3,12H2,1-2H3,(H2,20,21,27). The highest BCUT2D eigenvalue weighted by Gasteiger charge is 2.10. The van der Waals surface area contributed by atoms with Crippen LogP contribution in [0.1, 0.15) is 12.8 Å². The predicted octanol–water partition coefficient (Wildman–Crippen LogP) is 3.63. The molecular weight excluding hydrogens is 364 g/mol. The third kappa shape index (κ3) is 4.95. The smallest absolute Gasteiger partial charge is 0.246 e. The molecule has 0 bridgehead atoms. The van der Waals surface area contributed by atoms with Crippen LogP contribution in [-0.2, 0) is 6.54 Å². The molecule has 2 N–H and O–H groups in total. The number of anilines is 1. The van der Waals surface area contributed by atoms with Crippen LogP contribution in [0.15, 0.2) is 53.1 Å². The number of hydrogen-bond acceptors (Lipinski definition) is 6. The molecular formula is C19H20N4O3S. The number of rotatable bonds is 7. The van der Waals surface area contributed by atoms with Gasteiger partial charge in [-0.2, -0.15) is 4.98 Å². The summed E-state index contributed by atoms with van der Waals surface area (Å²) in [6.45, 7) is 2.82. The monoisotopic (exact) mass is 384 g/mol. The van der Waals surface area contributed by atoms with Crippen molar-refractivity contribution in [1.29, 1.82) is 0 Å². The maximum Gasteiger partial charge on any atom is 0.246 e. The molecule has 27 heavy (non-hydrogen) atoms. The summed E-state index contributed by atoms with van der Waals surface area (Å²) in [5.41, 5.74) is 1.64. The summed E-state index contributed by atoms with van der Waals surface area (Å²) >= 11 is 5.33. The molecule has 8 heteroatoms. The summed E-state index contributed by atoms with van der Waals surface area (Å²) in [6.07, 6.45) is 0. The van der Waals surface area contributed by atoms with Gasteiger partial charge in [-0.15, -0.1) is 0 Å². The van der Waals surface area contributed by atoms with Crippen LogP contribution in [0, 0.1) is 0 Å². The lowest BCUT2D eigenvalue weighted by atomic mass is 10.2. The van der Waals surface area contributed by atoms with Crippen molar-refractivity contribution in [2.24, 2.45) is 0 Å². The topological polar surface area (TPSA) is 81.4 Å². The number of ether oxygens (including phenoxy) is 2. The average molecular weight is 384 g/mol. The van der Waals surface area contributed by atoms with Gasteiger partial charge in [-0.25, -0.2) is 0 Å². The van der Waals surface area contributed by atoms with Gasteiger partial charge in [0.1, 0.15) is 11.5 Å². The summed E-state index contributed by atoms with van der Waals surface area (Å²) in [5, 5.41) is 10.6. The van der Waals surface area contributed by atoms with Crippen LogP contribution in [-0.4, -0.2) is 29.0 Å². The Hall–Kier alpha value is -3.13. The number of nitrogens with one attached hydrogen (secondary N) is 2. The molecule has 0 spiro atoms. The van der Waals surface area contributed by atoms with Crippen molar-refractivity contribution in [2.75, 3.05) is 19.0 Å². The number of nitrogens with zero attached hydrogens (tertiary/aromatic N) is 2. The van der Waals surface area contributed by atoms with Gasteiger partial charge in [0.2, 0.25) is 11.7 Å². The van der Waals surface area contributed by atoms with Crippen LogP contribution in [0.25, 0.3) is 11.4 Å². The van der Waals surface area contributed by atoms with E-state index in [-0.39, 0.29) is 0 Å². The van der Waals surface area contributed by atoms with E-state index in [4.69, 9.17) is 26.2 Å². The zero-order valence-corrected chi connectivity index (χ0v) is 15.9. The number of para-hydroxylation sites is 2. The minimum Gasteiger partial charge on any atom is -0.497 e. The Labute approximate surface area is 162 Å². The molecule has 1 aromatic heterocycles. The molecule has 0 saturated heterocycles. The van der Waals surface area contributed by atoms with Crippen molar-refractivity contribution in [3.63, 3.8) is 0 Å². The zero-order chi connectivity index (χ0) is 19.1. The van der Waals surface area contributed by atoms with Gasteiger partial charge in [0, 0.05) is 5.56 Å². The maximum atomic E-state index is 5.57. The van der Waals surface area contributed by atoms with Gasteiger partial charge < -0.3 is 24.6 Å². The Morgan fingerprint density at radius 3 is 2.67 bits per heavy atom. The molecule has 3 aromatic rings. The van der Waals surface area contributed by atoms with Crippen LogP contribution < -0.4 is 20.1 Å². The fraction of sp³-hybridized carbons (Fsp3) is 0.211. The molecule has 7 nitrogen and oxygen atoms in total. The number of benzene rings is 2. The van der Waals surface area contributed by atoms with E-state index in [9.17, 15) is 0 Å². The van der Waals surface area contributed by atoms with Gasteiger partial charge in [0.25, 0.3) is 0 Å². The highest BCUT2D eigenvalue weighted by molar-refractivity contribution is 7.80. The van der Waals surface area contributed by atoms with Gasteiger partial charge >= 0.3 is 0 Å². The molecule has 140 valence electrons. The first kappa shape index (κ1) is 18.7. The van der Waals surface area contributed by atoms with Crippen molar-refractivity contribution in [1.82, 2.24) is 15.5 Å². The molecule has 0 atom stereocenters. The van der Waals surface area contributed by atoms with Crippen LogP contribution >= 0.6 is 12.2 Å². The molecule has 0 fully saturated rings. The Morgan fingerprint density at radius 2 is 1.93 bits per heavy atom. The maximum absolute atomic E-state index is 5.57. The SMILES string of the molecule is CCOc1ccccc1NC(=S)NCc1nc(-c2ccc(OC)cc2)no1. The van der Waals surface area contributed by atoms with E-state index in [1.165, 1.54) is 0 Å². The molecule has 2 aromatic carbocycles. The molecule has 0 saturated carbocycles. The zero-order valence-electron chi connectivity index (χ0n) is 15.1. The highest BCUT2D eigenvalue weighted by Crippen LogP contribution is 2.23. The first-order chi connectivity index (χ1) is 13.2. The Morgan fingerprint density at radius 1 is 1.15 bits per heavy atom. The van der Waals surface area contributed by atoms with Crippen molar-refractivity contribution in [3.8, 4) is 22.9 Å². The summed E-state index contributed by atoms with van der Waals surface area (Å²) in [7, 11) is 1.62. The normalized spacial score (nSPS) is 10.3. The van der Waals surface area contributed by atoms with Gasteiger partial charge in [-0.1, -0.05) is 17.3 Å². The van der Waals surface area contributed by atoms with E-state index in [2.05, 4.69) is 20.8 Å². The molecule has 3 rings (SSSR count). The fourth-order valence-electron chi connectivity index (χ4n) is 2.36. The van der Waals surface area contributed by atoms with E-state index >= 15 is 0 Å². The van der Waals surface area contributed by atoms with Gasteiger partial charge in [0.05, 0.1) is 25.9 Å². The lowest BCUT2D eigenvalue weighted by molar-refractivity contribution is 0.342. The second-order valence-corrected chi connectivity index (χ2v) is 5.89. The first-order valence-electron chi connectivity index (χ1n) is 8.43. The van der Waals surface area contributed by atoms with E-state index < -0.39 is 0 Å². The molecule has 0 aliphatic rings. The molecule has 0 aliphatic heterocycles. The minimum absolute atomic E-state index is 0.311. The van der Waals surface area contributed by atoms with E-state index in [0.29, 0.717) is 30.0 Å². The predicted molar refractivity (Wildman–Crippen MR) is 107 cm³/mol. The highest BCUT2D eigenvalue weighted by atomic mass is 32.1. The van der Waals surface area contributed by atoms with Gasteiger partial charge in [0.15, 0.2) is 5.11 Å². The summed E-state index contributed by atoms with van der Waals surface area (Å²) in [6, 6.07) is 15.0. The largest absolute Gasteiger partial charge is 0.497 e. The fourth-order valence-corrected chi connectivity index (χ4v) is 2.54. The molecule has 0 amide bonds. The summed E-state index contributed by atoms with van der Waals surface area (Å²) in [5.74, 6) is 2.45. The van der Waals surface area contributed by atoms with Crippen molar-refractivity contribution in [3.05, 3.63) is 54.4 Å². The van der Waals surface area contributed by atoms with Crippen LogP contribution in [0.3, 0.4) is 0 Å². The third-order valence-electron chi connectivity index (χ3n) is 3.65. The van der Waals surface area contributed by atoms with E-state index in [1.807, 2.05) is 55.5 Å². The second-order valence-electron chi connectivity index (χ2n) is 5.48. The third-order valence-corrected chi connectivity index (χ3v) is 3.90. The average Bonchev–Trinajstić information content (AvgIpc) is 3.17. The quantitative estimate of drug-likeness (QED) is 0.598. The number of thiocarbonyl (C=S) groups is 1. The van der Waals surface area contributed by atoms with Gasteiger partial charge in [-0.3, -0.25) is 0 Å². The Balaban J connectivity index is 1.57. The minimum atomic E-state index is 0.311. The lowest BCUT2D eigenvalue weighted by Crippen LogP contribution is -2.28. The van der Waals surface area contributed by atoms with Crippen LogP contribution in [0.4, 0.5) is 5.69 Å². The Bertz CT molecular complexity index is 896. The van der Waals surface area contributed by atoms with Crippen molar-refractivity contribution >= 4 is 23.0 Å². The first-order valence-corrected chi connectivity index (χ1v) is 8.84. The summed E-state index contributed by atoms with van der Waals surface area (Å²) in [4.78, 5) is 4.37. The van der Waals surface area contributed by atoms with Gasteiger partial charge in [-0.05, 0) is 55.5 Å². The molecule has 1 heterocycles. The van der Waals surface area contributed by atoms with E-state index in [0.717, 1.165) is 22.7 Å². The molecule has 0 aliphatic carbocycles. The van der Waals surface area contributed by atoms with Crippen LogP contribution in [0.5, 0.6) is 11.5 Å². The molecule has 0 radical (unpaired) electrons. The van der Waals surface area contributed by atoms with Crippen molar-refractivity contribution in [2.45, 2.75) is 13.5 Å². The summed E-state index contributed by atoms with van der Waals surface area (Å²) < 4.78 is 16.0. The van der Waals surface area contributed by atoms with E-state index in [1.54, 1.807) is 7.11 Å². The molecule has 0 unspecified atom stereocenters. The number of hydrogen-bond donors (Lipinski definition) is 2. The number of aromatic nitrogens is 2. The van der Waals surface area contributed by atoms with Crippen LogP contribution in [0.2, 0.25) is 0 Å². The second kappa shape index (κ2) is 9.00.